The normalized spacial score (nSPS) is 12.3. The van der Waals surface area contributed by atoms with E-state index in [9.17, 15) is 4.79 Å². The van der Waals surface area contributed by atoms with Crippen LogP contribution in [0.4, 0.5) is 0 Å². The maximum Gasteiger partial charge on any atom is 0.207 e. The number of aromatic nitrogens is 2. The van der Waals surface area contributed by atoms with Crippen LogP contribution in [0.15, 0.2) is 48.5 Å². The third kappa shape index (κ3) is 2.72. The minimum Gasteiger partial charge on any atom is -0.349 e. The van der Waals surface area contributed by atoms with Gasteiger partial charge in [-0.2, -0.15) is 0 Å². The van der Waals surface area contributed by atoms with Crippen LogP contribution in [0.5, 0.6) is 0 Å². The van der Waals surface area contributed by atoms with Crippen molar-refractivity contribution in [3.05, 3.63) is 65.5 Å². The van der Waals surface area contributed by atoms with Crippen LogP contribution in [0.1, 0.15) is 29.9 Å². The van der Waals surface area contributed by atoms with Crippen molar-refractivity contribution in [2.24, 2.45) is 0 Å². The van der Waals surface area contributed by atoms with Gasteiger partial charge in [0, 0.05) is 6.54 Å². The van der Waals surface area contributed by atoms with Crippen LogP contribution in [0.25, 0.3) is 11.0 Å². The molecule has 0 bridgehead atoms. The number of imidazole rings is 1. The van der Waals surface area contributed by atoms with Crippen molar-refractivity contribution in [2.45, 2.75) is 26.4 Å². The Morgan fingerprint density at radius 1 is 1.18 bits per heavy atom. The first-order chi connectivity index (χ1) is 10.7. The lowest BCUT2D eigenvalue weighted by atomic mass is 10.1. The van der Waals surface area contributed by atoms with Gasteiger partial charge in [0.15, 0.2) is 0 Å². The first-order valence-electron chi connectivity index (χ1n) is 7.39. The van der Waals surface area contributed by atoms with Gasteiger partial charge in [0.2, 0.25) is 6.41 Å². The van der Waals surface area contributed by atoms with Gasteiger partial charge >= 0.3 is 0 Å². The van der Waals surface area contributed by atoms with Gasteiger partial charge in [-0.3, -0.25) is 4.79 Å². The number of nitrogens with one attached hydrogen (secondary N) is 1. The average Bonchev–Trinajstić information content (AvgIpc) is 2.89. The van der Waals surface area contributed by atoms with E-state index in [-0.39, 0.29) is 6.04 Å². The lowest BCUT2D eigenvalue weighted by molar-refractivity contribution is -0.110. The molecule has 1 N–H and O–H groups in total. The highest BCUT2D eigenvalue weighted by Crippen LogP contribution is 2.22. The maximum absolute atomic E-state index is 10.8. The first kappa shape index (κ1) is 14.3. The van der Waals surface area contributed by atoms with Gasteiger partial charge in [-0.1, -0.05) is 42.0 Å². The van der Waals surface area contributed by atoms with Crippen LogP contribution >= 0.6 is 0 Å². The fraction of sp³-hybridized carbons (Fsp3) is 0.222. The third-order valence-electron chi connectivity index (χ3n) is 3.85. The Kier molecular flexibility index (Phi) is 3.92. The highest BCUT2D eigenvalue weighted by Gasteiger charge is 2.16. The number of carbonyl (C=O) groups is 1. The fourth-order valence-electron chi connectivity index (χ4n) is 2.64. The molecule has 3 aromatic rings. The molecule has 0 unspecified atom stereocenters. The van der Waals surface area contributed by atoms with Crippen LogP contribution in [-0.4, -0.2) is 16.0 Å². The smallest absolute Gasteiger partial charge is 0.207 e. The maximum atomic E-state index is 10.8. The molecule has 1 aromatic heterocycles. The van der Waals surface area contributed by atoms with Crippen molar-refractivity contribution >= 4 is 17.4 Å². The van der Waals surface area contributed by atoms with E-state index in [0.717, 1.165) is 29.8 Å². The number of aryl methyl sites for hydroxylation is 1. The number of amides is 1. The third-order valence-corrected chi connectivity index (χ3v) is 3.85. The molecular formula is C18H19N3O. The van der Waals surface area contributed by atoms with Crippen LogP contribution in [0.2, 0.25) is 0 Å². The average molecular weight is 293 g/mol. The van der Waals surface area contributed by atoms with Crippen LogP contribution < -0.4 is 5.32 Å². The standard InChI is InChI=1S/C18H19N3O/c1-13-7-9-15(10-8-13)11-21-17-6-4-3-5-16(17)20-18(21)14(2)19-12-22/h3-10,12,14H,11H2,1-2H3,(H,19,22)/t14-/m0/s1. The lowest BCUT2D eigenvalue weighted by Gasteiger charge is -2.14. The zero-order valence-electron chi connectivity index (χ0n) is 12.8. The Morgan fingerprint density at radius 3 is 2.64 bits per heavy atom. The van der Waals surface area contributed by atoms with E-state index in [4.69, 9.17) is 0 Å². The van der Waals surface area contributed by atoms with E-state index < -0.39 is 0 Å². The minimum atomic E-state index is -0.129. The van der Waals surface area contributed by atoms with Crippen LogP contribution in [0, 0.1) is 6.92 Å². The zero-order chi connectivity index (χ0) is 15.5. The number of para-hydroxylation sites is 2. The van der Waals surface area contributed by atoms with E-state index in [1.165, 1.54) is 11.1 Å². The van der Waals surface area contributed by atoms with Crippen molar-refractivity contribution in [1.82, 2.24) is 14.9 Å². The second-order valence-electron chi connectivity index (χ2n) is 5.54. The van der Waals surface area contributed by atoms with Crippen molar-refractivity contribution in [1.29, 1.82) is 0 Å². The number of benzene rings is 2. The number of nitrogens with zero attached hydrogens (tertiary/aromatic N) is 2. The predicted molar refractivity (Wildman–Crippen MR) is 87.6 cm³/mol. The van der Waals surface area contributed by atoms with E-state index in [0.29, 0.717) is 0 Å². The van der Waals surface area contributed by atoms with E-state index in [2.05, 4.69) is 52.1 Å². The van der Waals surface area contributed by atoms with E-state index in [1.807, 2.05) is 25.1 Å². The topological polar surface area (TPSA) is 46.9 Å². The van der Waals surface area contributed by atoms with Gasteiger partial charge < -0.3 is 9.88 Å². The van der Waals surface area contributed by atoms with Crippen molar-refractivity contribution in [3.63, 3.8) is 0 Å². The van der Waals surface area contributed by atoms with Gasteiger partial charge in [-0.15, -0.1) is 0 Å². The summed E-state index contributed by atoms with van der Waals surface area (Å²) in [5.41, 5.74) is 4.49. The second-order valence-corrected chi connectivity index (χ2v) is 5.54. The highest BCUT2D eigenvalue weighted by molar-refractivity contribution is 5.76. The Labute approximate surface area is 129 Å². The van der Waals surface area contributed by atoms with Crippen molar-refractivity contribution in [2.75, 3.05) is 0 Å². The summed E-state index contributed by atoms with van der Waals surface area (Å²) in [6, 6.07) is 16.4. The molecular weight excluding hydrogens is 274 g/mol. The molecule has 22 heavy (non-hydrogen) atoms. The molecule has 0 aliphatic heterocycles. The summed E-state index contributed by atoms with van der Waals surface area (Å²) in [7, 11) is 0. The SMILES string of the molecule is Cc1ccc(Cn2c([C@H](C)NC=O)nc3ccccc32)cc1. The van der Waals surface area contributed by atoms with Crippen molar-refractivity contribution < 1.29 is 4.79 Å². The summed E-state index contributed by atoms with van der Waals surface area (Å²) in [4.78, 5) is 15.4. The summed E-state index contributed by atoms with van der Waals surface area (Å²) < 4.78 is 2.17. The molecule has 0 radical (unpaired) electrons. The molecule has 0 fully saturated rings. The summed E-state index contributed by atoms with van der Waals surface area (Å²) in [6.45, 7) is 4.76. The second kappa shape index (κ2) is 6.02. The van der Waals surface area contributed by atoms with Crippen LogP contribution in [0.3, 0.4) is 0 Å². The summed E-state index contributed by atoms with van der Waals surface area (Å²) in [5, 5.41) is 2.79. The fourth-order valence-corrected chi connectivity index (χ4v) is 2.64. The monoisotopic (exact) mass is 293 g/mol. The van der Waals surface area contributed by atoms with Crippen molar-refractivity contribution in [3.8, 4) is 0 Å². The Balaban J connectivity index is 2.06. The molecule has 4 heteroatoms. The first-order valence-corrected chi connectivity index (χ1v) is 7.39. The number of fused-ring (bicyclic) bond motifs is 1. The summed E-state index contributed by atoms with van der Waals surface area (Å²) >= 11 is 0. The zero-order valence-corrected chi connectivity index (χ0v) is 12.8. The molecule has 0 saturated heterocycles. The minimum absolute atomic E-state index is 0.129. The van der Waals surface area contributed by atoms with Gasteiger partial charge in [0.05, 0.1) is 17.1 Å². The van der Waals surface area contributed by atoms with Crippen LogP contribution in [-0.2, 0) is 11.3 Å². The largest absolute Gasteiger partial charge is 0.349 e. The predicted octanol–water partition coefficient (Wildman–Crippen LogP) is 3.20. The summed E-state index contributed by atoms with van der Waals surface area (Å²) in [5.74, 6) is 0.869. The molecule has 0 spiro atoms. The quantitative estimate of drug-likeness (QED) is 0.734. The molecule has 4 nitrogen and oxygen atoms in total. The molecule has 1 amide bonds. The molecule has 112 valence electrons. The van der Waals surface area contributed by atoms with E-state index in [1.54, 1.807) is 0 Å². The lowest BCUT2D eigenvalue weighted by Crippen LogP contribution is -2.20. The molecule has 0 aliphatic carbocycles. The molecule has 1 atom stereocenters. The number of hydrogen-bond donors (Lipinski definition) is 1. The number of hydrogen-bond acceptors (Lipinski definition) is 2. The molecule has 2 aromatic carbocycles. The molecule has 3 rings (SSSR count). The number of carbonyl (C=O) groups excluding carboxylic acids is 1. The van der Waals surface area contributed by atoms with E-state index >= 15 is 0 Å². The molecule has 1 heterocycles. The van der Waals surface area contributed by atoms with Gasteiger partial charge in [0.25, 0.3) is 0 Å². The highest BCUT2D eigenvalue weighted by atomic mass is 16.1. The molecule has 0 aliphatic rings. The van der Waals surface area contributed by atoms with Gasteiger partial charge in [-0.25, -0.2) is 4.98 Å². The Hall–Kier alpha value is -2.62. The summed E-state index contributed by atoms with van der Waals surface area (Å²) in [6.07, 6.45) is 0.722. The Morgan fingerprint density at radius 2 is 1.91 bits per heavy atom. The molecule has 0 saturated carbocycles. The Bertz CT molecular complexity index is 790. The number of rotatable bonds is 5. The van der Waals surface area contributed by atoms with Gasteiger partial charge in [-0.05, 0) is 31.5 Å². The van der Waals surface area contributed by atoms with Gasteiger partial charge in [0.1, 0.15) is 5.82 Å².